The van der Waals surface area contributed by atoms with Crippen LogP contribution in [0.5, 0.6) is 5.75 Å². The van der Waals surface area contributed by atoms with E-state index >= 15 is 0 Å². The zero-order valence-corrected chi connectivity index (χ0v) is 33.9. The van der Waals surface area contributed by atoms with Crippen molar-refractivity contribution in [3.05, 3.63) is 60.7 Å². The Labute approximate surface area is 353 Å². The van der Waals surface area contributed by atoms with E-state index in [9.17, 15) is 48.4 Å². The molecule has 5 aromatic rings. The minimum absolute atomic E-state index is 0. The summed E-state index contributed by atoms with van der Waals surface area (Å²) in [5.41, 5.74) is -2.24. The summed E-state index contributed by atoms with van der Waals surface area (Å²) in [6.45, 7) is 1.10. The zero-order chi connectivity index (χ0) is 35.3. The standard InChI is InChI=1S/C27H22FN7O11S3.K.Na/c28-25-30-26(32-27(31-25)35-7-9-46-10-8-35)29-19-13-16(47(37,38)39)11-15-12-20(48(40,41)42)22(23(36)21(15)19)34-33-18-6-5-14-3-1-2-4-17(14)24(18)49(43,44)45;;/h1-6,11-13,36H,7-10H2,(H,37,38,39)(H,40,41,42)(H,43,44,45)(H,29,30,31,32);;/q;2*+1/p-3. The summed E-state index contributed by atoms with van der Waals surface area (Å²) in [4.78, 5) is 9.74. The molecule has 256 valence electrons. The van der Waals surface area contributed by atoms with Gasteiger partial charge in [-0.05, 0) is 40.4 Å². The third kappa shape index (κ3) is 9.07. The summed E-state index contributed by atoms with van der Waals surface area (Å²) in [6, 6.07) is 10.3. The van der Waals surface area contributed by atoms with E-state index in [0.717, 1.165) is 6.07 Å². The maximum Gasteiger partial charge on any atom is 1.00 e. The van der Waals surface area contributed by atoms with Crippen molar-refractivity contribution in [2.45, 2.75) is 14.7 Å². The van der Waals surface area contributed by atoms with Gasteiger partial charge in [0.25, 0.3) is 10.1 Å². The van der Waals surface area contributed by atoms with Crippen molar-refractivity contribution in [1.29, 1.82) is 0 Å². The Kier molecular flexibility index (Phi) is 13.0. The van der Waals surface area contributed by atoms with Gasteiger partial charge < -0.3 is 29.2 Å². The first-order chi connectivity index (χ1) is 23.0. The van der Waals surface area contributed by atoms with Gasteiger partial charge in [0.2, 0.25) is 11.9 Å². The Balaban J connectivity index is 0.00000292. The molecule has 51 heavy (non-hydrogen) atoms. The quantitative estimate of drug-likeness (QED) is 0.0874. The van der Waals surface area contributed by atoms with E-state index in [2.05, 4.69) is 30.5 Å². The Morgan fingerprint density at radius 1 is 0.882 bits per heavy atom. The minimum atomic E-state index is -5.59. The second kappa shape index (κ2) is 16.0. The van der Waals surface area contributed by atoms with Gasteiger partial charge in [0, 0.05) is 24.2 Å². The van der Waals surface area contributed by atoms with Crippen LogP contribution in [0.2, 0.25) is 0 Å². The predicted octanol–water partition coefficient (Wildman–Crippen LogP) is -3.55. The molecule has 1 aliphatic rings. The van der Waals surface area contributed by atoms with Crippen LogP contribution >= 0.6 is 0 Å². The van der Waals surface area contributed by atoms with Gasteiger partial charge in [-0.15, -0.1) is 10.2 Å². The molecular weight excluding hydrogens is 776 g/mol. The number of ether oxygens (including phenoxy) is 1. The summed E-state index contributed by atoms with van der Waals surface area (Å²) >= 11 is 0. The van der Waals surface area contributed by atoms with E-state index in [1.165, 1.54) is 24.3 Å². The first-order valence-electron chi connectivity index (χ1n) is 13.7. The van der Waals surface area contributed by atoms with Crippen molar-refractivity contribution < 1.29 is 134 Å². The fourth-order valence-electron chi connectivity index (χ4n) is 5.08. The van der Waals surface area contributed by atoms with Crippen LogP contribution in [0.3, 0.4) is 0 Å². The number of aromatic nitrogens is 3. The molecule has 1 saturated heterocycles. The Morgan fingerprint density at radius 3 is 2.22 bits per heavy atom. The number of benzene rings is 4. The third-order valence-corrected chi connectivity index (χ3v) is 9.78. The summed E-state index contributed by atoms with van der Waals surface area (Å²) < 4.78 is 128. The van der Waals surface area contributed by atoms with Gasteiger partial charge in [0.15, 0.2) is 0 Å². The molecule has 0 saturated carbocycles. The van der Waals surface area contributed by atoms with Gasteiger partial charge in [-0.25, -0.2) is 16.8 Å². The van der Waals surface area contributed by atoms with E-state index in [1.54, 1.807) is 11.0 Å². The van der Waals surface area contributed by atoms with E-state index < -0.39 is 90.7 Å². The topological polar surface area (TPSA) is 280 Å². The Hall–Kier alpha value is -2.33. The molecule has 6 rings (SSSR count). The first-order valence-corrected chi connectivity index (χ1v) is 17.9. The number of anilines is 3. The van der Waals surface area contributed by atoms with Crippen LogP contribution in [-0.2, 0) is 35.1 Å². The molecule has 18 nitrogen and oxygen atoms in total. The molecule has 1 fully saturated rings. The Bertz CT molecular complexity index is 2540. The van der Waals surface area contributed by atoms with E-state index in [-0.39, 0.29) is 119 Å². The van der Waals surface area contributed by atoms with Gasteiger partial charge in [-0.3, -0.25) is 4.55 Å². The maximum absolute atomic E-state index is 14.5. The van der Waals surface area contributed by atoms with Gasteiger partial charge in [0.1, 0.15) is 30.8 Å². The zero-order valence-electron chi connectivity index (χ0n) is 26.3. The number of azo groups is 1. The number of rotatable bonds is 8. The number of nitrogens with one attached hydrogen (secondary N) is 1. The maximum atomic E-state index is 14.5. The summed E-state index contributed by atoms with van der Waals surface area (Å²) in [5, 5.41) is 22.9. The summed E-state index contributed by atoms with van der Waals surface area (Å²) in [6.07, 6.45) is -1.28. The third-order valence-electron chi connectivity index (χ3n) is 7.17. The van der Waals surface area contributed by atoms with Crippen LogP contribution in [0, 0.1) is 6.08 Å². The van der Waals surface area contributed by atoms with E-state index in [0.29, 0.717) is 23.6 Å². The largest absolute Gasteiger partial charge is 1.00 e. The molecule has 1 aliphatic heterocycles. The van der Waals surface area contributed by atoms with Crippen molar-refractivity contribution in [1.82, 2.24) is 15.0 Å². The van der Waals surface area contributed by atoms with Gasteiger partial charge in [0.05, 0.1) is 28.7 Å². The van der Waals surface area contributed by atoms with Crippen LogP contribution in [-0.4, -0.2) is 80.2 Å². The average molecular weight is 795 g/mol. The van der Waals surface area contributed by atoms with Crippen LogP contribution in [0.1, 0.15) is 0 Å². The minimum Gasteiger partial charge on any atom is -0.870 e. The van der Waals surface area contributed by atoms with Crippen LogP contribution < -0.4 is 96.3 Å². The summed E-state index contributed by atoms with van der Waals surface area (Å²) in [5.74, 6) is -2.09. The molecule has 0 amide bonds. The average Bonchev–Trinajstić information content (AvgIpc) is 3.02. The molecule has 24 heteroatoms. The Morgan fingerprint density at radius 2 is 1.57 bits per heavy atom. The normalized spacial score (nSPS) is 14.0. The number of fused-ring (bicyclic) bond motifs is 2. The van der Waals surface area contributed by atoms with Crippen LogP contribution in [0.15, 0.2) is 79.5 Å². The first kappa shape index (κ1) is 41.4. The smallest absolute Gasteiger partial charge is 0.870 e. The monoisotopic (exact) mass is 794 g/mol. The molecule has 1 aromatic heterocycles. The number of halogens is 1. The predicted molar refractivity (Wildman–Crippen MR) is 163 cm³/mol. The molecule has 0 bridgehead atoms. The number of nitrogens with zero attached hydrogens (tertiary/aromatic N) is 6. The molecular formula is C27H19FKN7NaO11S3-. The van der Waals surface area contributed by atoms with Crippen molar-refractivity contribution in [2.75, 3.05) is 36.5 Å². The van der Waals surface area contributed by atoms with Crippen LogP contribution in [0.4, 0.5) is 33.3 Å². The molecule has 2 heterocycles. The second-order valence-electron chi connectivity index (χ2n) is 10.3. The SMILES string of the molecule is O=S(=O)([O-])c1cc(Nc2nc(F)nc(N3CCOCC3)n2)c2c([O-])c(N=Nc3ccc4ccccc4c3S(=O)(=O)O)c(S(=O)(=O)[O-])cc2c1.[K+].[Na+]. The molecule has 0 aliphatic carbocycles. The van der Waals surface area contributed by atoms with Gasteiger partial charge in [-0.1, -0.05) is 36.1 Å². The van der Waals surface area contributed by atoms with E-state index in [4.69, 9.17) is 4.74 Å². The van der Waals surface area contributed by atoms with Crippen molar-refractivity contribution >= 4 is 80.9 Å². The second-order valence-corrected chi connectivity index (χ2v) is 14.4. The number of hydrogen-bond acceptors (Lipinski definition) is 17. The molecule has 2 N–H and O–H groups in total. The van der Waals surface area contributed by atoms with Crippen molar-refractivity contribution in [3.63, 3.8) is 0 Å². The molecule has 0 atom stereocenters. The fraction of sp³-hybridized carbons (Fsp3) is 0.148. The van der Waals surface area contributed by atoms with Gasteiger partial charge >= 0.3 is 87.0 Å². The van der Waals surface area contributed by atoms with Gasteiger partial charge in [-0.2, -0.15) is 27.8 Å². The molecule has 0 unspecified atom stereocenters. The van der Waals surface area contributed by atoms with Crippen molar-refractivity contribution in [2.24, 2.45) is 10.2 Å². The number of hydrogen-bond donors (Lipinski definition) is 2. The summed E-state index contributed by atoms with van der Waals surface area (Å²) in [7, 11) is -15.9. The molecule has 0 radical (unpaired) electrons. The fourth-order valence-corrected chi connectivity index (χ4v) is 7.09. The molecule has 0 spiro atoms. The van der Waals surface area contributed by atoms with Crippen LogP contribution in [0.25, 0.3) is 21.5 Å². The number of morpholine rings is 1. The van der Waals surface area contributed by atoms with E-state index in [1.807, 2.05) is 0 Å². The van der Waals surface area contributed by atoms with Crippen molar-refractivity contribution in [3.8, 4) is 5.75 Å². The molecule has 4 aromatic carbocycles.